The van der Waals surface area contributed by atoms with Crippen LogP contribution in [0.25, 0.3) is 72.0 Å². The average molecular weight is 715 g/mol. The van der Waals surface area contributed by atoms with E-state index in [1.165, 1.54) is 66.3 Å². The normalized spacial score (nSPS) is 11.2. The molecule has 0 bridgehead atoms. The molecule has 0 aliphatic carbocycles. The van der Waals surface area contributed by atoms with Crippen molar-refractivity contribution in [3.63, 3.8) is 0 Å². The molecule has 0 amide bonds. The van der Waals surface area contributed by atoms with Crippen molar-refractivity contribution in [3.8, 4) is 50.2 Å². The summed E-state index contributed by atoms with van der Waals surface area (Å²) in [5, 5.41) is 2.52. The molecule has 9 aromatic carbocycles. The lowest BCUT2D eigenvalue weighted by Crippen LogP contribution is -2.10. The van der Waals surface area contributed by atoms with E-state index in [1.54, 1.807) is 0 Å². The molecule has 0 fully saturated rings. The Morgan fingerprint density at radius 1 is 0.250 bits per heavy atom. The maximum absolute atomic E-state index is 2.39. The Morgan fingerprint density at radius 3 is 1.21 bits per heavy atom. The number of benzene rings is 9. The summed E-state index contributed by atoms with van der Waals surface area (Å²) in [6.07, 6.45) is 0. The van der Waals surface area contributed by atoms with Crippen LogP contribution in [0, 0.1) is 0 Å². The van der Waals surface area contributed by atoms with E-state index < -0.39 is 0 Å². The second-order valence-corrected chi connectivity index (χ2v) is 14.2. The number of para-hydroxylation sites is 1. The highest BCUT2D eigenvalue weighted by molar-refractivity contribution is 6.10. The van der Waals surface area contributed by atoms with Crippen molar-refractivity contribution in [1.82, 2.24) is 4.57 Å². The molecule has 10 aromatic rings. The molecule has 2 heteroatoms. The number of fused-ring (bicyclic) bond motifs is 3. The van der Waals surface area contributed by atoms with Crippen LogP contribution in [0.3, 0.4) is 0 Å². The van der Waals surface area contributed by atoms with E-state index in [4.69, 9.17) is 0 Å². The molecule has 0 radical (unpaired) electrons. The van der Waals surface area contributed by atoms with E-state index in [1.807, 2.05) is 0 Å². The second-order valence-electron chi connectivity index (χ2n) is 14.2. The van der Waals surface area contributed by atoms with Crippen molar-refractivity contribution in [2.45, 2.75) is 0 Å². The first-order valence-corrected chi connectivity index (χ1v) is 19.2. The van der Waals surface area contributed by atoms with E-state index in [9.17, 15) is 0 Å². The third kappa shape index (κ3) is 6.24. The zero-order valence-corrected chi connectivity index (χ0v) is 30.8. The smallest absolute Gasteiger partial charge is 0.0541 e. The highest BCUT2D eigenvalue weighted by Gasteiger charge is 2.16. The summed E-state index contributed by atoms with van der Waals surface area (Å²) in [6, 6.07) is 83.0. The molecule has 56 heavy (non-hydrogen) atoms. The highest BCUT2D eigenvalue weighted by atomic mass is 15.1. The van der Waals surface area contributed by atoms with Gasteiger partial charge in [0.25, 0.3) is 0 Å². The zero-order valence-electron chi connectivity index (χ0n) is 30.8. The monoisotopic (exact) mass is 714 g/mol. The minimum Gasteiger partial charge on any atom is -0.310 e. The third-order valence-corrected chi connectivity index (χ3v) is 10.8. The first-order valence-electron chi connectivity index (χ1n) is 19.2. The molecule has 0 aliphatic heterocycles. The fourth-order valence-electron chi connectivity index (χ4n) is 8.02. The molecule has 0 atom stereocenters. The van der Waals surface area contributed by atoms with Crippen molar-refractivity contribution in [2.75, 3.05) is 4.90 Å². The van der Waals surface area contributed by atoms with E-state index >= 15 is 0 Å². The van der Waals surface area contributed by atoms with Crippen LogP contribution in [0.2, 0.25) is 0 Å². The predicted molar refractivity (Wildman–Crippen MR) is 237 cm³/mol. The summed E-state index contributed by atoms with van der Waals surface area (Å²) in [5.74, 6) is 0. The van der Waals surface area contributed by atoms with Crippen molar-refractivity contribution in [2.24, 2.45) is 0 Å². The van der Waals surface area contributed by atoms with Crippen LogP contribution < -0.4 is 4.90 Å². The van der Waals surface area contributed by atoms with E-state index in [0.29, 0.717) is 0 Å². The minimum atomic E-state index is 1.10. The van der Waals surface area contributed by atoms with Gasteiger partial charge in [0, 0.05) is 33.5 Å². The molecule has 1 heterocycles. The molecule has 0 saturated carbocycles. The third-order valence-electron chi connectivity index (χ3n) is 10.8. The molecule has 0 aliphatic rings. The van der Waals surface area contributed by atoms with Crippen LogP contribution in [-0.2, 0) is 0 Å². The fraction of sp³-hybridized carbons (Fsp3) is 0. The first-order chi connectivity index (χ1) is 27.8. The molecular weight excluding hydrogens is 677 g/mol. The number of rotatable bonds is 8. The lowest BCUT2D eigenvalue weighted by molar-refractivity contribution is 1.18. The van der Waals surface area contributed by atoms with Gasteiger partial charge in [-0.1, -0.05) is 164 Å². The van der Waals surface area contributed by atoms with Gasteiger partial charge >= 0.3 is 0 Å². The van der Waals surface area contributed by atoms with Crippen LogP contribution in [0.4, 0.5) is 17.1 Å². The standard InChI is InChI=1S/C54H38N2/c1-4-14-39(15-5-1)44-20-12-22-49(36-44)55(50-23-13-21-45(37-50)40-16-6-2-7-17-40)47-31-26-42(27-32-47)43-28-33-48(34-29-43)56-53-25-11-10-24-51(53)52-38-46(30-35-54(52)56)41-18-8-3-9-19-41/h1-38H. The molecule has 0 unspecified atom stereocenters. The Labute approximate surface area is 327 Å². The number of nitrogens with zero attached hydrogens (tertiary/aromatic N) is 2. The fourth-order valence-corrected chi connectivity index (χ4v) is 8.02. The summed E-state index contributed by atoms with van der Waals surface area (Å²) < 4.78 is 2.39. The number of aromatic nitrogens is 1. The van der Waals surface area contributed by atoms with Crippen LogP contribution >= 0.6 is 0 Å². The lowest BCUT2D eigenvalue weighted by Gasteiger charge is -2.27. The quantitative estimate of drug-likeness (QED) is 0.152. The van der Waals surface area contributed by atoms with Crippen LogP contribution in [0.1, 0.15) is 0 Å². The van der Waals surface area contributed by atoms with Crippen molar-refractivity contribution in [3.05, 3.63) is 231 Å². The summed E-state index contributed by atoms with van der Waals surface area (Å²) in [4.78, 5) is 2.36. The van der Waals surface area contributed by atoms with Crippen molar-refractivity contribution >= 4 is 38.9 Å². The van der Waals surface area contributed by atoms with Gasteiger partial charge in [0.05, 0.1) is 11.0 Å². The Hall–Kier alpha value is -7.42. The van der Waals surface area contributed by atoms with Gasteiger partial charge in [-0.15, -0.1) is 0 Å². The van der Waals surface area contributed by atoms with Crippen LogP contribution in [0.15, 0.2) is 231 Å². The number of hydrogen-bond acceptors (Lipinski definition) is 1. The molecule has 0 spiro atoms. The van der Waals surface area contributed by atoms with E-state index in [2.05, 4.69) is 240 Å². The topological polar surface area (TPSA) is 8.17 Å². The molecular formula is C54H38N2. The minimum absolute atomic E-state index is 1.10. The highest BCUT2D eigenvalue weighted by Crippen LogP contribution is 2.40. The Morgan fingerprint density at radius 2 is 0.661 bits per heavy atom. The van der Waals surface area contributed by atoms with Gasteiger partial charge < -0.3 is 9.47 Å². The Kier molecular flexibility index (Phi) is 8.55. The Bertz CT molecular complexity index is 2840. The molecule has 10 rings (SSSR count). The Balaban J connectivity index is 1.01. The summed E-state index contributed by atoms with van der Waals surface area (Å²) in [6.45, 7) is 0. The van der Waals surface area contributed by atoms with Gasteiger partial charge in [0.1, 0.15) is 0 Å². The summed E-state index contributed by atoms with van der Waals surface area (Å²) in [7, 11) is 0. The molecule has 2 nitrogen and oxygen atoms in total. The second kappa shape index (κ2) is 14.4. The van der Waals surface area contributed by atoms with Crippen LogP contribution in [-0.4, -0.2) is 4.57 Å². The van der Waals surface area contributed by atoms with Crippen LogP contribution in [0.5, 0.6) is 0 Å². The largest absolute Gasteiger partial charge is 0.310 e. The van der Waals surface area contributed by atoms with E-state index in [0.717, 1.165) is 22.7 Å². The number of anilines is 3. The van der Waals surface area contributed by atoms with E-state index in [-0.39, 0.29) is 0 Å². The van der Waals surface area contributed by atoms with Gasteiger partial charge in [-0.05, 0) is 111 Å². The van der Waals surface area contributed by atoms with Gasteiger partial charge in [0.2, 0.25) is 0 Å². The van der Waals surface area contributed by atoms with Crippen molar-refractivity contribution < 1.29 is 0 Å². The SMILES string of the molecule is c1ccc(-c2cccc(N(c3ccc(-c4ccc(-n5c6ccccc6c6cc(-c7ccccc7)ccc65)cc4)cc3)c3cccc(-c4ccccc4)c3)c2)cc1. The van der Waals surface area contributed by atoms with Gasteiger partial charge in [-0.25, -0.2) is 0 Å². The predicted octanol–water partition coefficient (Wildman–Crippen LogP) is 14.9. The zero-order chi connectivity index (χ0) is 37.3. The van der Waals surface area contributed by atoms with Gasteiger partial charge in [0.15, 0.2) is 0 Å². The van der Waals surface area contributed by atoms with Gasteiger partial charge in [-0.3, -0.25) is 0 Å². The molecule has 264 valence electrons. The maximum Gasteiger partial charge on any atom is 0.0541 e. The molecule has 0 saturated heterocycles. The first kappa shape index (κ1) is 33.2. The summed E-state index contributed by atoms with van der Waals surface area (Å²) in [5.41, 5.74) is 16.4. The number of hydrogen-bond donors (Lipinski definition) is 0. The maximum atomic E-state index is 2.39. The lowest BCUT2D eigenvalue weighted by atomic mass is 10.0. The average Bonchev–Trinajstić information content (AvgIpc) is 3.62. The van der Waals surface area contributed by atoms with Crippen molar-refractivity contribution in [1.29, 1.82) is 0 Å². The molecule has 1 aromatic heterocycles. The summed E-state index contributed by atoms with van der Waals surface area (Å²) >= 11 is 0. The molecule has 0 N–H and O–H groups in total. The van der Waals surface area contributed by atoms with Gasteiger partial charge in [-0.2, -0.15) is 0 Å².